The second-order valence-electron chi connectivity index (χ2n) is 5.52. The Bertz CT molecular complexity index is 334. The maximum absolute atomic E-state index is 8.00. The lowest BCUT2D eigenvalue weighted by Crippen LogP contribution is -2.40. The minimum Gasteiger partial charge on any atom is -0.326 e. The minimum atomic E-state index is 0.270. The van der Waals surface area contributed by atoms with Gasteiger partial charge >= 0.3 is 0 Å². The molecule has 2 rings (SSSR count). The number of nitrogens with two attached hydrogens (primary N) is 1. The van der Waals surface area contributed by atoms with E-state index in [0.29, 0.717) is 0 Å². The van der Waals surface area contributed by atoms with Gasteiger partial charge in [-0.25, -0.2) is 0 Å². The van der Waals surface area contributed by atoms with Crippen LogP contribution < -0.4 is 5.73 Å². The molecule has 1 atom stereocenters. The molecule has 0 unspecified atom stereocenters. The first kappa shape index (κ1) is 16.9. The smallest absolute Gasteiger partial charge is 0.106 e. The highest BCUT2D eigenvalue weighted by Crippen LogP contribution is 2.11. The fraction of sp³-hybridized carbons (Fsp3) is 0.588. The van der Waals surface area contributed by atoms with E-state index in [0.717, 1.165) is 13.0 Å². The van der Waals surface area contributed by atoms with E-state index in [1.165, 1.54) is 50.8 Å². The number of benzene rings is 1. The average molecular weight is 276 g/mol. The Balaban J connectivity index is 0.000000956. The number of likely N-dealkylation sites (tertiary alicyclic amines) is 1. The summed E-state index contributed by atoms with van der Waals surface area (Å²) in [6, 6.07) is 10.9. The molecule has 0 aliphatic carbocycles. The van der Waals surface area contributed by atoms with Gasteiger partial charge in [-0.15, -0.1) is 0 Å². The maximum Gasteiger partial charge on any atom is 0.106 e. The van der Waals surface area contributed by atoms with Crippen LogP contribution in [0.15, 0.2) is 30.3 Å². The second-order valence-corrected chi connectivity index (χ2v) is 5.52. The van der Waals surface area contributed by atoms with Gasteiger partial charge in [-0.2, -0.15) is 0 Å². The normalized spacial score (nSPS) is 18.2. The topological polar surface area (TPSA) is 46.3 Å². The third-order valence-electron chi connectivity index (χ3n) is 3.78. The molecule has 1 aliphatic rings. The Morgan fingerprint density at radius 2 is 1.55 bits per heavy atom. The van der Waals surface area contributed by atoms with Crippen LogP contribution in [-0.2, 0) is 11.2 Å². The molecule has 0 saturated carbocycles. The van der Waals surface area contributed by atoms with Gasteiger partial charge in [0.05, 0.1) is 0 Å². The van der Waals surface area contributed by atoms with Gasteiger partial charge in [0.2, 0.25) is 0 Å². The van der Waals surface area contributed by atoms with Crippen LogP contribution >= 0.6 is 0 Å². The molecule has 3 heteroatoms. The van der Waals surface area contributed by atoms with Crippen LogP contribution in [0, 0.1) is 0 Å². The third-order valence-corrected chi connectivity index (χ3v) is 3.78. The van der Waals surface area contributed by atoms with Crippen molar-refractivity contribution in [2.75, 3.05) is 19.6 Å². The number of carbonyl (C=O) groups is 1. The SMILES string of the molecule is C=O.N[C@@H](Cc1ccccc1)CN1CCCCCCC1. The molecule has 1 fully saturated rings. The largest absolute Gasteiger partial charge is 0.326 e. The van der Waals surface area contributed by atoms with E-state index in [-0.39, 0.29) is 6.04 Å². The van der Waals surface area contributed by atoms with E-state index in [9.17, 15) is 0 Å². The summed E-state index contributed by atoms with van der Waals surface area (Å²) in [7, 11) is 0. The number of hydrogen-bond acceptors (Lipinski definition) is 3. The average Bonchev–Trinajstić information content (AvgIpc) is 2.45. The van der Waals surface area contributed by atoms with Crippen molar-refractivity contribution in [1.82, 2.24) is 4.90 Å². The van der Waals surface area contributed by atoms with Crippen molar-refractivity contribution < 1.29 is 4.79 Å². The molecular weight excluding hydrogens is 248 g/mol. The molecule has 1 heterocycles. The van der Waals surface area contributed by atoms with Crippen molar-refractivity contribution in [2.24, 2.45) is 5.73 Å². The standard InChI is InChI=1S/C16H26N2.CH2O/c17-16(13-15-9-5-4-6-10-15)14-18-11-7-2-1-3-8-12-18;1-2/h4-6,9-10,16H,1-3,7-8,11-14,17H2;1H2/t16-;/m0./s1. The van der Waals surface area contributed by atoms with Crippen molar-refractivity contribution in [3.05, 3.63) is 35.9 Å². The van der Waals surface area contributed by atoms with Gasteiger partial charge in [-0.05, 0) is 37.9 Å². The summed E-state index contributed by atoms with van der Waals surface area (Å²) in [5.74, 6) is 0. The molecule has 1 aromatic carbocycles. The Labute approximate surface area is 123 Å². The first-order valence-electron chi connectivity index (χ1n) is 7.65. The fourth-order valence-electron chi connectivity index (χ4n) is 2.81. The molecule has 1 saturated heterocycles. The highest BCUT2D eigenvalue weighted by atomic mass is 16.1. The quantitative estimate of drug-likeness (QED) is 0.919. The zero-order chi connectivity index (χ0) is 14.6. The first-order valence-corrected chi connectivity index (χ1v) is 7.65. The van der Waals surface area contributed by atoms with E-state index in [1.54, 1.807) is 0 Å². The number of rotatable bonds is 4. The molecule has 1 aromatic rings. The lowest BCUT2D eigenvalue weighted by molar-refractivity contribution is -0.0979. The molecular formula is C17H28N2O. The summed E-state index contributed by atoms with van der Waals surface area (Å²) < 4.78 is 0. The van der Waals surface area contributed by atoms with Crippen LogP contribution in [0.25, 0.3) is 0 Å². The summed E-state index contributed by atoms with van der Waals surface area (Å²) in [6.45, 7) is 5.53. The van der Waals surface area contributed by atoms with Crippen LogP contribution in [-0.4, -0.2) is 37.4 Å². The summed E-state index contributed by atoms with van der Waals surface area (Å²) in [5.41, 5.74) is 7.64. The van der Waals surface area contributed by atoms with Crippen molar-refractivity contribution in [2.45, 2.75) is 44.6 Å². The number of carbonyl (C=O) groups excluding carboxylic acids is 1. The van der Waals surface area contributed by atoms with E-state index in [1.807, 2.05) is 6.79 Å². The minimum absolute atomic E-state index is 0.270. The van der Waals surface area contributed by atoms with Gasteiger partial charge < -0.3 is 15.4 Å². The van der Waals surface area contributed by atoms with Gasteiger partial charge in [-0.3, -0.25) is 0 Å². The molecule has 0 amide bonds. The molecule has 0 aromatic heterocycles. The predicted octanol–water partition coefficient (Wildman–Crippen LogP) is 2.64. The van der Waals surface area contributed by atoms with Crippen LogP contribution in [0.3, 0.4) is 0 Å². The summed E-state index contributed by atoms with van der Waals surface area (Å²) >= 11 is 0. The zero-order valence-electron chi connectivity index (χ0n) is 12.5. The lowest BCUT2D eigenvalue weighted by Gasteiger charge is -2.27. The Morgan fingerprint density at radius 1 is 1.00 bits per heavy atom. The third kappa shape index (κ3) is 6.83. The second kappa shape index (κ2) is 10.6. The van der Waals surface area contributed by atoms with E-state index in [4.69, 9.17) is 10.5 Å². The van der Waals surface area contributed by atoms with Crippen molar-refractivity contribution in [3.8, 4) is 0 Å². The van der Waals surface area contributed by atoms with Crippen LogP contribution in [0.5, 0.6) is 0 Å². The Kier molecular flexibility index (Phi) is 8.92. The van der Waals surface area contributed by atoms with Crippen molar-refractivity contribution in [3.63, 3.8) is 0 Å². The lowest BCUT2D eigenvalue weighted by atomic mass is 10.0. The van der Waals surface area contributed by atoms with Gasteiger partial charge in [0.15, 0.2) is 0 Å². The molecule has 3 nitrogen and oxygen atoms in total. The van der Waals surface area contributed by atoms with Gasteiger partial charge in [0.1, 0.15) is 6.79 Å². The fourth-order valence-corrected chi connectivity index (χ4v) is 2.81. The Morgan fingerprint density at radius 3 is 2.15 bits per heavy atom. The van der Waals surface area contributed by atoms with Crippen LogP contribution in [0.1, 0.15) is 37.7 Å². The Hall–Kier alpha value is -1.19. The molecule has 0 spiro atoms. The monoisotopic (exact) mass is 276 g/mol. The molecule has 20 heavy (non-hydrogen) atoms. The number of hydrogen-bond donors (Lipinski definition) is 1. The van der Waals surface area contributed by atoms with E-state index >= 15 is 0 Å². The molecule has 0 radical (unpaired) electrons. The van der Waals surface area contributed by atoms with Gasteiger partial charge in [0, 0.05) is 12.6 Å². The van der Waals surface area contributed by atoms with Gasteiger partial charge in [0.25, 0.3) is 0 Å². The zero-order valence-corrected chi connectivity index (χ0v) is 12.5. The van der Waals surface area contributed by atoms with E-state index < -0.39 is 0 Å². The van der Waals surface area contributed by atoms with E-state index in [2.05, 4.69) is 35.2 Å². The molecule has 112 valence electrons. The molecule has 1 aliphatic heterocycles. The van der Waals surface area contributed by atoms with Crippen molar-refractivity contribution in [1.29, 1.82) is 0 Å². The predicted molar refractivity (Wildman–Crippen MR) is 84.8 cm³/mol. The first-order chi connectivity index (χ1) is 9.84. The summed E-state index contributed by atoms with van der Waals surface area (Å²) in [6.07, 6.45) is 7.90. The van der Waals surface area contributed by atoms with Crippen LogP contribution in [0.4, 0.5) is 0 Å². The molecule has 0 bridgehead atoms. The summed E-state index contributed by atoms with van der Waals surface area (Å²) in [5, 5.41) is 0. The number of nitrogens with zero attached hydrogens (tertiary/aromatic N) is 1. The van der Waals surface area contributed by atoms with Crippen molar-refractivity contribution >= 4 is 6.79 Å². The summed E-state index contributed by atoms with van der Waals surface area (Å²) in [4.78, 5) is 10.6. The highest BCUT2D eigenvalue weighted by Gasteiger charge is 2.12. The maximum atomic E-state index is 8.00. The van der Waals surface area contributed by atoms with Gasteiger partial charge in [-0.1, -0.05) is 49.6 Å². The molecule has 2 N–H and O–H groups in total. The van der Waals surface area contributed by atoms with Crippen LogP contribution in [0.2, 0.25) is 0 Å². The highest BCUT2D eigenvalue weighted by molar-refractivity contribution is 5.15.